The van der Waals surface area contributed by atoms with E-state index in [1.807, 2.05) is 42.1 Å². The second-order valence-corrected chi connectivity index (χ2v) is 4.79. The van der Waals surface area contributed by atoms with Crippen molar-refractivity contribution in [3.05, 3.63) is 30.3 Å². The van der Waals surface area contributed by atoms with E-state index in [1.165, 1.54) is 5.04 Å². The predicted octanol–water partition coefficient (Wildman–Crippen LogP) is 3.49. The molecule has 1 aliphatic rings. The summed E-state index contributed by atoms with van der Waals surface area (Å²) < 4.78 is 0. The minimum Gasteiger partial charge on any atom is -0.246 e. The van der Waals surface area contributed by atoms with Crippen LogP contribution in [-0.2, 0) is 0 Å². The summed E-state index contributed by atoms with van der Waals surface area (Å²) in [5.41, 5.74) is 1.07. The van der Waals surface area contributed by atoms with Crippen molar-refractivity contribution in [3.8, 4) is 0 Å². The van der Waals surface area contributed by atoms with Gasteiger partial charge >= 0.3 is 0 Å². The Hall–Kier alpha value is -0.760. The first-order valence-electron chi connectivity index (χ1n) is 4.57. The van der Waals surface area contributed by atoms with Crippen LogP contribution in [0.2, 0.25) is 0 Å². The van der Waals surface area contributed by atoms with Crippen molar-refractivity contribution in [1.82, 2.24) is 0 Å². The fourth-order valence-electron chi connectivity index (χ4n) is 1.29. The van der Waals surface area contributed by atoms with Crippen LogP contribution in [0.25, 0.3) is 0 Å². The van der Waals surface area contributed by atoms with Gasteiger partial charge < -0.3 is 0 Å². The van der Waals surface area contributed by atoms with Gasteiger partial charge in [0.15, 0.2) is 0 Å². The first-order chi connectivity index (χ1) is 6.27. The number of nitrogens with zero attached hydrogens (tertiary/aromatic N) is 1. The highest BCUT2D eigenvalue weighted by Gasteiger charge is 2.30. The normalized spacial score (nSPS) is 30.2. The molecule has 13 heavy (non-hydrogen) atoms. The van der Waals surface area contributed by atoms with Crippen molar-refractivity contribution >= 4 is 22.5 Å². The summed E-state index contributed by atoms with van der Waals surface area (Å²) in [6, 6.07) is 10.2. The summed E-state index contributed by atoms with van der Waals surface area (Å²) in [5.74, 6) is 0.644. The number of hydrogen-bond donors (Lipinski definition) is 0. The summed E-state index contributed by atoms with van der Waals surface area (Å²) in [6.45, 7) is 4.49. The fourth-order valence-corrected chi connectivity index (χ4v) is 2.35. The smallest absolute Gasteiger partial charge is 0.0780 e. The molecule has 1 aliphatic heterocycles. The predicted molar refractivity (Wildman–Crippen MR) is 59.8 cm³/mol. The first-order valence-corrected chi connectivity index (χ1v) is 5.45. The van der Waals surface area contributed by atoms with Crippen LogP contribution in [0.1, 0.15) is 13.8 Å². The highest BCUT2D eigenvalue weighted by atomic mass is 32.2. The van der Waals surface area contributed by atoms with Crippen LogP contribution in [0, 0.1) is 5.92 Å². The van der Waals surface area contributed by atoms with Crippen LogP contribution >= 0.6 is 11.8 Å². The van der Waals surface area contributed by atoms with E-state index in [4.69, 9.17) is 0 Å². The molecule has 0 bridgehead atoms. The van der Waals surface area contributed by atoms with E-state index in [9.17, 15) is 0 Å². The highest BCUT2D eigenvalue weighted by molar-refractivity contribution is 8.16. The third kappa shape index (κ3) is 1.78. The monoisotopic (exact) mass is 191 g/mol. The van der Waals surface area contributed by atoms with E-state index >= 15 is 0 Å². The minimum atomic E-state index is 0.644. The van der Waals surface area contributed by atoms with Crippen molar-refractivity contribution in [2.75, 3.05) is 0 Å². The molecular weight excluding hydrogens is 178 g/mol. The van der Waals surface area contributed by atoms with Crippen molar-refractivity contribution in [3.63, 3.8) is 0 Å². The molecule has 1 nitrogen and oxygen atoms in total. The molecule has 0 N–H and O–H groups in total. The Bertz CT molecular complexity index is 318. The molecule has 0 amide bonds. The Balaban J connectivity index is 2.14. The zero-order valence-electron chi connectivity index (χ0n) is 7.90. The zero-order chi connectivity index (χ0) is 9.26. The molecule has 1 aromatic rings. The van der Waals surface area contributed by atoms with E-state index in [0.717, 1.165) is 10.9 Å². The van der Waals surface area contributed by atoms with Crippen LogP contribution in [0.4, 0.5) is 5.69 Å². The number of benzene rings is 1. The average molecular weight is 191 g/mol. The van der Waals surface area contributed by atoms with Crippen LogP contribution in [0.15, 0.2) is 35.3 Å². The molecule has 1 heterocycles. The van der Waals surface area contributed by atoms with Gasteiger partial charge in [-0.15, -0.1) is 11.8 Å². The van der Waals surface area contributed by atoms with Crippen molar-refractivity contribution in [2.24, 2.45) is 10.9 Å². The molecule has 1 fully saturated rings. The lowest BCUT2D eigenvalue weighted by atomic mass is 10.1. The first kappa shape index (κ1) is 8.82. The lowest BCUT2D eigenvalue weighted by Crippen LogP contribution is -2.30. The second-order valence-electron chi connectivity index (χ2n) is 3.40. The Kier molecular flexibility index (Phi) is 2.40. The molecule has 0 aliphatic carbocycles. The molecule has 1 aromatic carbocycles. The van der Waals surface area contributed by atoms with Gasteiger partial charge in [0.25, 0.3) is 0 Å². The maximum absolute atomic E-state index is 4.58. The quantitative estimate of drug-likeness (QED) is 0.662. The van der Waals surface area contributed by atoms with Gasteiger partial charge in [0.1, 0.15) is 0 Å². The molecule has 2 rings (SSSR count). The standard InChI is InChI=1S/C11H13NS/c1-8-9(2)13-11(8)12-10-6-4-3-5-7-10/h3-9H,1-2H3. The average Bonchev–Trinajstić information content (AvgIpc) is 2.19. The van der Waals surface area contributed by atoms with E-state index in [2.05, 4.69) is 18.8 Å². The topological polar surface area (TPSA) is 12.4 Å². The summed E-state index contributed by atoms with van der Waals surface area (Å²) in [4.78, 5) is 4.58. The SMILES string of the molecule is CC1SC(=Nc2ccccc2)C1C. The molecule has 0 radical (unpaired) electrons. The lowest BCUT2D eigenvalue weighted by Gasteiger charge is -2.31. The Morgan fingerprint density at radius 3 is 2.38 bits per heavy atom. The largest absolute Gasteiger partial charge is 0.246 e. The molecule has 1 saturated heterocycles. The molecule has 68 valence electrons. The number of para-hydroxylation sites is 1. The zero-order valence-corrected chi connectivity index (χ0v) is 8.71. The third-order valence-corrected chi connectivity index (χ3v) is 3.88. The number of aliphatic imine (C=N–C) groups is 1. The Labute approximate surface area is 83.3 Å². The fraction of sp³-hybridized carbons (Fsp3) is 0.364. The number of hydrogen-bond acceptors (Lipinski definition) is 2. The molecule has 2 unspecified atom stereocenters. The van der Waals surface area contributed by atoms with Gasteiger partial charge in [0.2, 0.25) is 0 Å². The molecule has 2 heteroatoms. The maximum Gasteiger partial charge on any atom is 0.0780 e. The summed E-state index contributed by atoms with van der Waals surface area (Å²) >= 11 is 1.88. The minimum absolute atomic E-state index is 0.644. The highest BCUT2D eigenvalue weighted by Crippen LogP contribution is 2.38. The molecule has 0 saturated carbocycles. The van der Waals surface area contributed by atoms with Crippen LogP contribution in [-0.4, -0.2) is 10.3 Å². The van der Waals surface area contributed by atoms with Gasteiger partial charge in [-0.3, -0.25) is 0 Å². The van der Waals surface area contributed by atoms with Gasteiger partial charge in [-0.05, 0) is 12.1 Å². The Morgan fingerprint density at radius 2 is 1.85 bits per heavy atom. The van der Waals surface area contributed by atoms with E-state index in [-0.39, 0.29) is 0 Å². The Morgan fingerprint density at radius 1 is 1.15 bits per heavy atom. The van der Waals surface area contributed by atoms with E-state index in [0.29, 0.717) is 5.92 Å². The van der Waals surface area contributed by atoms with Crippen molar-refractivity contribution in [1.29, 1.82) is 0 Å². The maximum atomic E-state index is 4.58. The molecule has 2 atom stereocenters. The van der Waals surface area contributed by atoms with Gasteiger partial charge in [-0.1, -0.05) is 32.0 Å². The van der Waals surface area contributed by atoms with Crippen LogP contribution in [0.5, 0.6) is 0 Å². The van der Waals surface area contributed by atoms with Gasteiger partial charge in [0.05, 0.1) is 10.7 Å². The van der Waals surface area contributed by atoms with Gasteiger partial charge in [0, 0.05) is 11.2 Å². The third-order valence-electron chi connectivity index (χ3n) is 2.40. The number of rotatable bonds is 1. The van der Waals surface area contributed by atoms with E-state index in [1.54, 1.807) is 0 Å². The second kappa shape index (κ2) is 3.54. The summed E-state index contributed by atoms with van der Waals surface area (Å²) in [5, 5.41) is 2.01. The van der Waals surface area contributed by atoms with E-state index < -0.39 is 0 Å². The van der Waals surface area contributed by atoms with Crippen molar-refractivity contribution in [2.45, 2.75) is 19.1 Å². The summed E-state index contributed by atoms with van der Waals surface area (Å²) in [6.07, 6.45) is 0. The number of thioether (sulfide) groups is 1. The van der Waals surface area contributed by atoms with Gasteiger partial charge in [-0.2, -0.15) is 0 Å². The molecule has 0 spiro atoms. The summed E-state index contributed by atoms with van der Waals surface area (Å²) in [7, 11) is 0. The van der Waals surface area contributed by atoms with Crippen LogP contribution < -0.4 is 0 Å². The van der Waals surface area contributed by atoms with Crippen LogP contribution in [0.3, 0.4) is 0 Å². The van der Waals surface area contributed by atoms with Gasteiger partial charge in [-0.25, -0.2) is 4.99 Å². The molecule has 0 aromatic heterocycles. The molecular formula is C11H13NS. The lowest BCUT2D eigenvalue weighted by molar-refractivity contribution is 0.745. The van der Waals surface area contributed by atoms with Crippen molar-refractivity contribution < 1.29 is 0 Å².